The van der Waals surface area contributed by atoms with Gasteiger partial charge in [0.1, 0.15) is 73.2 Å². The van der Waals surface area contributed by atoms with Crippen molar-refractivity contribution in [3.05, 3.63) is 0 Å². The third-order valence-corrected chi connectivity index (χ3v) is 7.29. The maximum Gasteiger partial charge on any atom is 1.00 e. The van der Waals surface area contributed by atoms with Gasteiger partial charge in [-0.3, -0.25) is 0 Å². The number of ether oxygens (including phenoxy) is 9. The van der Waals surface area contributed by atoms with Crippen molar-refractivity contribution in [1.82, 2.24) is 0 Å². The molecule has 15 atom stereocenters. The summed E-state index contributed by atoms with van der Waals surface area (Å²) in [5.74, 6) is 1.60. The number of aliphatic carboxylic acids is 2. The van der Waals surface area contributed by atoms with Crippen LogP contribution in [0.2, 0.25) is 0 Å². The number of carbonyl (C=O) groups excluding carboxylic acids is 2. The first-order chi connectivity index (χ1) is 22.3. The molecule has 3 aliphatic heterocycles. The van der Waals surface area contributed by atoms with Gasteiger partial charge in [-0.1, -0.05) is 11.8 Å². The van der Waals surface area contributed by atoms with E-state index < -0.39 is 137 Å². The van der Waals surface area contributed by atoms with Crippen LogP contribution in [0.1, 0.15) is 0 Å². The molecule has 0 aromatic carbocycles. The van der Waals surface area contributed by atoms with Gasteiger partial charge in [-0.2, -0.15) is 0 Å². The molecular formula is C26H37Na3O21. The van der Waals surface area contributed by atoms with Crippen molar-refractivity contribution in [1.29, 1.82) is 0 Å². The molecule has 21 nitrogen and oxygen atoms in total. The minimum Gasteiger partial charge on any atom is -0.723 e. The van der Waals surface area contributed by atoms with E-state index in [1.807, 2.05) is 0 Å². The second-order valence-electron chi connectivity index (χ2n) is 10.4. The Kier molecular flexibility index (Phi) is 25.5. The average Bonchev–Trinajstić information content (AvgIpc) is 3.02. The third kappa shape index (κ3) is 13.8. The van der Waals surface area contributed by atoms with Crippen LogP contribution in [0.25, 0.3) is 0 Å². The molecule has 270 valence electrons. The van der Waals surface area contributed by atoms with Crippen LogP contribution in [0.5, 0.6) is 0 Å². The molecule has 0 bridgehead atoms. The van der Waals surface area contributed by atoms with Crippen LogP contribution in [0.15, 0.2) is 0 Å². The maximum atomic E-state index is 11.1. The van der Waals surface area contributed by atoms with E-state index in [2.05, 4.69) is 16.7 Å². The van der Waals surface area contributed by atoms with Gasteiger partial charge in [-0.05, 0) is 0 Å². The summed E-state index contributed by atoms with van der Waals surface area (Å²) in [6.07, 6.45) is -24.9. The Morgan fingerprint density at radius 2 is 1.08 bits per heavy atom. The van der Waals surface area contributed by atoms with E-state index in [4.69, 9.17) is 42.6 Å². The zero-order chi connectivity index (χ0) is 34.8. The molecule has 50 heavy (non-hydrogen) atoms. The van der Waals surface area contributed by atoms with Crippen LogP contribution in [0, 0.1) is 11.8 Å². The fourth-order valence-corrected chi connectivity index (χ4v) is 5.06. The van der Waals surface area contributed by atoms with Gasteiger partial charge < -0.3 is 103 Å². The monoisotopic (exact) mass is 754 g/mol. The van der Waals surface area contributed by atoms with Gasteiger partial charge in [-0.25, -0.2) is 0 Å². The molecule has 0 spiro atoms. The van der Waals surface area contributed by atoms with Crippen LogP contribution < -0.4 is 104 Å². The van der Waals surface area contributed by atoms with Crippen molar-refractivity contribution in [3.8, 4) is 11.8 Å². The van der Waals surface area contributed by atoms with Crippen LogP contribution in [0.4, 0.5) is 0 Å². The fourth-order valence-electron chi connectivity index (χ4n) is 5.06. The van der Waals surface area contributed by atoms with Gasteiger partial charge in [0.25, 0.3) is 0 Å². The van der Waals surface area contributed by atoms with E-state index >= 15 is 0 Å². The van der Waals surface area contributed by atoms with Gasteiger partial charge >= 0.3 is 88.7 Å². The van der Waals surface area contributed by atoms with Gasteiger partial charge in [0.2, 0.25) is 0 Å². The first-order valence-corrected chi connectivity index (χ1v) is 14.0. The molecule has 3 aliphatic rings. The summed E-state index contributed by atoms with van der Waals surface area (Å²) in [4.78, 5) is 25.2. The van der Waals surface area contributed by atoms with Crippen LogP contribution in [0.3, 0.4) is 0 Å². The average molecular weight is 755 g/mol. The van der Waals surface area contributed by atoms with Gasteiger partial charge in [-0.15, -0.1) is 0 Å². The number of methoxy groups -OCH3 is 2. The Bertz CT molecular complexity index is 1070. The Labute approximate surface area is 352 Å². The molecule has 3 heterocycles. The fraction of sp³-hybridized carbons (Fsp3) is 0.846. The Morgan fingerprint density at radius 1 is 0.640 bits per heavy atom. The molecule has 0 aliphatic carbocycles. The topological polar surface area (TPSA) is 317 Å². The summed E-state index contributed by atoms with van der Waals surface area (Å²) in [5.41, 5.74) is 0. The predicted molar refractivity (Wildman–Crippen MR) is 135 cm³/mol. The third-order valence-electron chi connectivity index (χ3n) is 7.29. The molecule has 3 rings (SSSR count). The molecular weight excluding hydrogens is 717 g/mol. The van der Waals surface area contributed by atoms with E-state index in [0.29, 0.717) is 0 Å². The van der Waals surface area contributed by atoms with E-state index in [-0.39, 0.29) is 88.7 Å². The van der Waals surface area contributed by atoms with Crippen molar-refractivity contribution < 1.29 is 192 Å². The summed E-state index contributed by atoms with van der Waals surface area (Å²) in [5, 5.41) is 96.7. The summed E-state index contributed by atoms with van der Waals surface area (Å²) in [6.45, 7) is -3.41. The standard InChI is InChI=1S/C26H40O21.3Na/c1-38-21-11(6-40-8-13(27)28)45-26(19(35)15(21)31)46-22-10(4-3-5-42-37)43-25(20(36)17(22)33)47-23-12(7-41-9-14(29)30)44-24(39-2)18(34)16(23)32;;;/h10-12,15-26,31-37H,5-9H2,1-2H3,(H,27,28)(H,29,30);;;/q;3*+1/p-3/t10-,11?,12?,15-,16-,17?,18-,19-,20?,21+,22-,23+,24?,25-,26?;;;/m1.../s1. The van der Waals surface area contributed by atoms with Crippen LogP contribution in [-0.2, 0) is 57.1 Å². The summed E-state index contributed by atoms with van der Waals surface area (Å²) >= 11 is 0. The second-order valence-corrected chi connectivity index (χ2v) is 10.4. The molecule has 6 unspecified atom stereocenters. The number of aliphatic hydroxyl groups excluding tert-OH is 6. The van der Waals surface area contributed by atoms with Crippen LogP contribution >= 0.6 is 0 Å². The van der Waals surface area contributed by atoms with Crippen molar-refractivity contribution in [2.24, 2.45) is 0 Å². The van der Waals surface area contributed by atoms with Crippen molar-refractivity contribution in [3.63, 3.8) is 0 Å². The normalized spacial score (nSPS) is 38.3. The quantitative estimate of drug-likeness (QED) is 0.0391. The SMILES string of the molecule is COC1OC(COCC(=O)[O-])[C@H](O[C@H]2O[C@H](C#CCO[O-])[C@@H](OC3OC(COCC(=O)[O-])[C@H](OC)[C@H](O)[C@H]3O)C(O)C2O)[C@H](O)[C@H]1O.[Na+].[Na+].[Na+]. The van der Waals surface area contributed by atoms with Crippen molar-refractivity contribution in [2.75, 3.05) is 47.3 Å². The first-order valence-electron chi connectivity index (χ1n) is 14.0. The van der Waals surface area contributed by atoms with Crippen molar-refractivity contribution in [2.45, 2.75) is 92.1 Å². The zero-order valence-corrected chi connectivity index (χ0v) is 34.0. The number of rotatable bonds is 15. The first kappa shape index (κ1) is 50.8. The molecule has 6 N–H and O–H groups in total. The largest absolute Gasteiger partial charge is 1.00 e. The van der Waals surface area contributed by atoms with Gasteiger partial charge in [0, 0.05) is 14.2 Å². The number of carbonyl (C=O) groups is 2. The summed E-state index contributed by atoms with van der Waals surface area (Å²) in [6, 6.07) is 0. The Hall–Kier alpha value is 0.820. The number of carboxylic acid groups (broad SMARTS) is 2. The van der Waals surface area contributed by atoms with Gasteiger partial charge in [0.15, 0.2) is 18.9 Å². The molecule has 0 aromatic rings. The number of hydrogen-bond donors (Lipinski definition) is 6. The van der Waals surface area contributed by atoms with Crippen molar-refractivity contribution >= 4 is 11.9 Å². The minimum absolute atomic E-state index is 0. The summed E-state index contributed by atoms with van der Waals surface area (Å²) < 4.78 is 48.3. The molecule has 0 amide bonds. The Balaban J connectivity index is 0.00000800. The molecule has 3 fully saturated rings. The van der Waals surface area contributed by atoms with E-state index in [0.717, 1.165) is 7.11 Å². The number of carboxylic acids is 2. The minimum atomic E-state index is -2.03. The van der Waals surface area contributed by atoms with E-state index in [1.165, 1.54) is 7.11 Å². The second kappa shape index (κ2) is 25.1. The van der Waals surface area contributed by atoms with Gasteiger partial charge in [0.05, 0.1) is 45.0 Å². The van der Waals surface area contributed by atoms with Crippen LogP contribution in [-0.4, -0.2) is 182 Å². The smallest absolute Gasteiger partial charge is 0.723 e. The maximum absolute atomic E-state index is 11.1. The molecule has 3 saturated heterocycles. The molecule has 24 heteroatoms. The predicted octanol–water partition coefficient (Wildman–Crippen LogP) is -18.4. The van der Waals surface area contributed by atoms with E-state index in [1.54, 1.807) is 0 Å². The number of aliphatic hydroxyl groups is 6. The molecule has 0 radical (unpaired) electrons. The van der Waals surface area contributed by atoms with E-state index in [9.17, 15) is 55.7 Å². The summed E-state index contributed by atoms with van der Waals surface area (Å²) in [7, 11) is 2.34. The molecule has 0 aromatic heterocycles. The molecule has 0 saturated carbocycles. The zero-order valence-electron chi connectivity index (χ0n) is 28.0. The number of hydrogen-bond acceptors (Lipinski definition) is 21. The Morgan fingerprint density at radius 3 is 1.58 bits per heavy atom.